The third-order valence-corrected chi connectivity index (χ3v) is 2.66. The van der Waals surface area contributed by atoms with Crippen LogP contribution in [0.3, 0.4) is 0 Å². The molecule has 0 saturated heterocycles. The van der Waals surface area contributed by atoms with E-state index < -0.39 is 5.82 Å². The van der Waals surface area contributed by atoms with Crippen LogP contribution in [0, 0.1) is 23.6 Å². The lowest BCUT2D eigenvalue weighted by Crippen LogP contribution is -2.30. The first-order valence-corrected chi connectivity index (χ1v) is 6.60. The van der Waals surface area contributed by atoms with Crippen LogP contribution in [0.15, 0.2) is 18.2 Å². The first-order valence-electron chi connectivity index (χ1n) is 6.60. The van der Waals surface area contributed by atoms with Crippen molar-refractivity contribution in [1.29, 1.82) is 0 Å². The van der Waals surface area contributed by atoms with Crippen LogP contribution in [0.2, 0.25) is 0 Å². The van der Waals surface area contributed by atoms with Gasteiger partial charge in [-0.1, -0.05) is 25.7 Å². The second kappa shape index (κ2) is 7.66. The average molecular weight is 277 g/mol. The van der Waals surface area contributed by atoms with E-state index in [1.54, 1.807) is 18.0 Å². The van der Waals surface area contributed by atoms with Crippen LogP contribution in [0.25, 0.3) is 0 Å². The maximum absolute atomic E-state index is 13.8. The fourth-order valence-electron chi connectivity index (χ4n) is 1.81. The van der Waals surface area contributed by atoms with Crippen LogP contribution in [0.1, 0.15) is 36.2 Å². The summed E-state index contributed by atoms with van der Waals surface area (Å²) in [5.74, 6) is 4.93. The Morgan fingerprint density at radius 1 is 1.45 bits per heavy atom. The molecule has 20 heavy (non-hydrogen) atoms. The zero-order chi connectivity index (χ0) is 15.1. The highest BCUT2D eigenvalue weighted by atomic mass is 19.1. The Morgan fingerprint density at radius 3 is 2.70 bits per heavy atom. The van der Waals surface area contributed by atoms with Gasteiger partial charge in [-0.2, -0.15) is 0 Å². The average Bonchev–Trinajstić information content (AvgIpc) is 2.39. The second-order valence-electron chi connectivity index (χ2n) is 5.05. The predicted molar refractivity (Wildman–Crippen MR) is 76.8 cm³/mol. The molecule has 1 N–H and O–H groups in total. The van der Waals surface area contributed by atoms with Gasteiger partial charge in [-0.3, -0.25) is 4.79 Å². The fourth-order valence-corrected chi connectivity index (χ4v) is 1.81. The number of hydrogen-bond acceptors (Lipinski definition) is 2. The van der Waals surface area contributed by atoms with E-state index in [0.717, 1.165) is 0 Å². The van der Waals surface area contributed by atoms with E-state index in [0.29, 0.717) is 24.4 Å². The lowest BCUT2D eigenvalue weighted by Gasteiger charge is -2.19. The first kappa shape index (κ1) is 16.2. The van der Waals surface area contributed by atoms with E-state index in [2.05, 4.69) is 11.8 Å². The van der Waals surface area contributed by atoms with E-state index in [1.165, 1.54) is 12.1 Å². The van der Waals surface area contributed by atoms with Crippen molar-refractivity contribution in [1.82, 2.24) is 4.90 Å². The molecule has 3 nitrogen and oxygen atoms in total. The summed E-state index contributed by atoms with van der Waals surface area (Å²) in [5, 5.41) is 8.62. The van der Waals surface area contributed by atoms with Crippen LogP contribution in [-0.4, -0.2) is 36.1 Å². The lowest BCUT2D eigenvalue weighted by molar-refractivity contribution is 0.0778. The number of aliphatic hydroxyl groups is 1. The second-order valence-corrected chi connectivity index (χ2v) is 5.05. The number of halogens is 1. The SMILES string of the molecule is CC(C)CN(C)C(=O)c1ccc(C#CCCO)c(F)c1. The summed E-state index contributed by atoms with van der Waals surface area (Å²) in [5.41, 5.74) is 0.555. The molecule has 0 aliphatic carbocycles. The molecular weight excluding hydrogens is 257 g/mol. The van der Waals surface area contributed by atoms with Gasteiger partial charge in [0.05, 0.1) is 12.2 Å². The van der Waals surface area contributed by atoms with Crippen molar-refractivity contribution in [3.8, 4) is 11.8 Å². The number of nitrogens with zero attached hydrogens (tertiary/aromatic N) is 1. The largest absolute Gasteiger partial charge is 0.395 e. The van der Waals surface area contributed by atoms with Gasteiger partial charge in [-0.25, -0.2) is 4.39 Å². The van der Waals surface area contributed by atoms with E-state index in [9.17, 15) is 9.18 Å². The number of benzene rings is 1. The third-order valence-electron chi connectivity index (χ3n) is 2.66. The van der Waals surface area contributed by atoms with Crippen LogP contribution in [0.5, 0.6) is 0 Å². The predicted octanol–water partition coefficient (Wildman–Crippen LogP) is 2.29. The van der Waals surface area contributed by atoms with Crippen LogP contribution in [0.4, 0.5) is 4.39 Å². The highest BCUT2D eigenvalue weighted by molar-refractivity contribution is 5.94. The lowest BCUT2D eigenvalue weighted by atomic mass is 10.1. The number of amides is 1. The summed E-state index contributed by atoms with van der Waals surface area (Å²) in [6.07, 6.45) is 0.303. The molecule has 4 heteroatoms. The number of carbonyl (C=O) groups excluding carboxylic acids is 1. The summed E-state index contributed by atoms with van der Waals surface area (Å²) < 4.78 is 13.8. The Kier molecular flexibility index (Phi) is 6.20. The van der Waals surface area contributed by atoms with E-state index in [4.69, 9.17) is 5.11 Å². The maximum atomic E-state index is 13.8. The molecule has 0 radical (unpaired) electrons. The van der Waals surface area contributed by atoms with Gasteiger partial charge in [0.25, 0.3) is 5.91 Å². The normalized spacial score (nSPS) is 10.1. The zero-order valence-electron chi connectivity index (χ0n) is 12.1. The minimum absolute atomic E-state index is 0.0504. The number of rotatable bonds is 4. The van der Waals surface area contributed by atoms with Crippen LogP contribution >= 0.6 is 0 Å². The van der Waals surface area contributed by atoms with Gasteiger partial charge in [0.1, 0.15) is 5.82 Å². The summed E-state index contributed by atoms with van der Waals surface area (Å²) in [4.78, 5) is 13.7. The number of hydrogen-bond donors (Lipinski definition) is 1. The minimum Gasteiger partial charge on any atom is -0.395 e. The Morgan fingerprint density at radius 2 is 2.15 bits per heavy atom. The number of carbonyl (C=O) groups is 1. The summed E-state index contributed by atoms with van der Waals surface area (Å²) in [7, 11) is 1.70. The molecule has 0 aliphatic rings. The molecule has 108 valence electrons. The van der Waals surface area contributed by atoms with E-state index in [-0.39, 0.29) is 18.1 Å². The third kappa shape index (κ3) is 4.67. The van der Waals surface area contributed by atoms with Crippen LogP contribution < -0.4 is 0 Å². The molecule has 1 aromatic carbocycles. The van der Waals surface area contributed by atoms with Crippen molar-refractivity contribution in [2.24, 2.45) is 5.92 Å². The van der Waals surface area contributed by atoms with Gasteiger partial charge in [0.2, 0.25) is 0 Å². The van der Waals surface area contributed by atoms with Crippen molar-refractivity contribution in [3.05, 3.63) is 35.1 Å². The monoisotopic (exact) mass is 277 g/mol. The zero-order valence-corrected chi connectivity index (χ0v) is 12.1. The standard InChI is InChI=1S/C16H20FNO2/c1-12(2)11-18(3)16(20)14-8-7-13(15(17)10-14)6-4-5-9-19/h7-8,10,12,19H,5,9,11H2,1-3H3. The molecule has 0 saturated carbocycles. The van der Waals surface area contributed by atoms with Gasteiger partial charge in [0.15, 0.2) is 0 Å². The van der Waals surface area contributed by atoms with E-state index in [1.807, 2.05) is 13.8 Å². The Balaban J connectivity index is 2.87. The molecule has 0 spiro atoms. The van der Waals surface area contributed by atoms with Crippen molar-refractivity contribution >= 4 is 5.91 Å². The molecular formula is C16H20FNO2. The van der Waals surface area contributed by atoms with Gasteiger partial charge in [-0.05, 0) is 24.1 Å². The Labute approximate surface area is 119 Å². The smallest absolute Gasteiger partial charge is 0.253 e. The molecule has 0 aromatic heterocycles. The van der Waals surface area contributed by atoms with Gasteiger partial charge in [0, 0.05) is 25.6 Å². The highest BCUT2D eigenvalue weighted by Crippen LogP contribution is 2.12. The molecule has 0 atom stereocenters. The van der Waals surface area contributed by atoms with Crippen LogP contribution in [-0.2, 0) is 0 Å². The Bertz CT molecular complexity index is 529. The quantitative estimate of drug-likeness (QED) is 0.858. The summed E-state index contributed by atoms with van der Waals surface area (Å²) in [6.45, 7) is 4.61. The molecule has 0 unspecified atom stereocenters. The van der Waals surface area contributed by atoms with Gasteiger partial charge >= 0.3 is 0 Å². The van der Waals surface area contributed by atoms with Crippen molar-refractivity contribution in [2.45, 2.75) is 20.3 Å². The molecule has 1 amide bonds. The molecule has 0 bridgehead atoms. The summed E-state index contributed by atoms with van der Waals surface area (Å²) >= 11 is 0. The van der Waals surface area contributed by atoms with E-state index >= 15 is 0 Å². The molecule has 1 aromatic rings. The molecule has 0 aliphatic heterocycles. The maximum Gasteiger partial charge on any atom is 0.253 e. The molecule has 0 heterocycles. The highest BCUT2D eigenvalue weighted by Gasteiger charge is 2.14. The van der Waals surface area contributed by atoms with Gasteiger partial charge < -0.3 is 10.0 Å². The molecule has 1 rings (SSSR count). The van der Waals surface area contributed by atoms with Crippen molar-refractivity contribution in [2.75, 3.05) is 20.2 Å². The number of aliphatic hydroxyl groups excluding tert-OH is 1. The minimum atomic E-state index is -0.515. The Hall–Kier alpha value is -1.86. The van der Waals surface area contributed by atoms with Gasteiger partial charge in [-0.15, -0.1) is 0 Å². The van der Waals surface area contributed by atoms with Crippen molar-refractivity contribution < 1.29 is 14.3 Å². The topological polar surface area (TPSA) is 40.5 Å². The summed E-state index contributed by atoms with van der Waals surface area (Å²) in [6, 6.07) is 4.28. The van der Waals surface area contributed by atoms with Crippen molar-refractivity contribution in [3.63, 3.8) is 0 Å². The first-order chi connectivity index (χ1) is 9.45. The molecule has 0 fully saturated rings. The fraction of sp³-hybridized carbons (Fsp3) is 0.438.